The number of amides is 1. The molecule has 17 heteroatoms. The van der Waals surface area contributed by atoms with Gasteiger partial charge in [0.25, 0.3) is 5.91 Å². The number of aliphatic carboxylic acids is 1. The molecule has 2 saturated heterocycles. The van der Waals surface area contributed by atoms with Gasteiger partial charge in [0.1, 0.15) is 29.3 Å². The normalized spacial score (nSPS) is 18.7. The zero-order valence-electron chi connectivity index (χ0n) is 30.2. The van der Waals surface area contributed by atoms with Crippen LogP contribution in [-0.2, 0) is 32.1 Å². The van der Waals surface area contributed by atoms with Crippen molar-refractivity contribution >= 4 is 29.5 Å². The summed E-state index contributed by atoms with van der Waals surface area (Å²) in [4.78, 5) is 42.4. The zero-order valence-corrected chi connectivity index (χ0v) is 31.0. The Hall–Kier alpha value is -4.22. The van der Waals surface area contributed by atoms with Crippen LogP contribution < -0.4 is 4.74 Å². The number of rotatable bonds is 10. The number of benzene rings is 1. The molecular formula is C37H45F6N3O7S. The molecule has 2 unspecified atom stereocenters. The van der Waals surface area contributed by atoms with E-state index in [4.69, 9.17) is 14.6 Å². The van der Waals surface area contributed by atoms with Crippen LogP contribution in [0.4, 0.5) is 26.3 Å². The van der Waals surface area contributed by atoms with E-state index in [0.29, 0.717) is 75.0 Å². The average Bonchev–Trinajstić information content (AvgIpc) is 3.59. The van der Waals surface area contributed by atoms with E-state index in [2.05, 4.69) is 9.88 Å². The molecule has 2 aromatic heterocycles. The Kier molecular flexibility index (Phi) is 16.3. The van der Waals surface area contributed by atoms with Gasteiger partial charge in [-0.3, -0.25) is 14.6 Å². The monoisotopic (exact) mass is 789 g/mol. The molecule has 2 N–H and O–H groups in total. The van der Waals surface area contributed by atoms with Crippen molar-refractivity contribution in [3.8, 4) is 11.5 Å². The highest BCUT2D eigenvalue weighted by Gasteiger charge is 2.44. The third-order valence-electron chi connectivity index (χ3n) is 9.27. The van der Waals surface area contributed by atoms with Gasteiger partial charge in [-0.25, -0.2) is 0 Å². The number of ether oxygens (including phenoxy) is 2. The summed E-state index contributed by atoms with van der Waals surface area (Å²) in [7, 11) is 3.64. The molecule has 4 heterocycles. The zero-order chi connectivity index (χ0) is 40.1. The number of aldehydes is 1. The first-order chi connectivity index (χ1) is 25.5. The number of carbonyl (C=O) groups is 3. The minimum Gasteiger partial charge on any atom is -0.507 e. The van der Waals surface area contributed by atoms with Gasteiger partial charge >= 0.3 is 18.3 Å². The van der Waals surface area contributed by atoms with E-state index in [0.717, 1.165) is 55.2 Å². The first-order valence-corrected chi connectivity index (χ1v) is 18.1. The summed E-state index contributed by atoms with van der Waals surface area (Å²) in [6, 6.07) is 8.63. The van der Waals surface area contributed by atoms with Gasteiger partial charge in [0.2, 0.25) is 0 Å². The number of nitrogens with zero attached hydrogens (tertiary/aromatic N) is 3. The summed E-state index contributed by atoms with van der Waals surface area (Å²) in [5.41, 5.74) is -1.51. The maximum absolute atomic E-state index is 13.1. The average molecular weight is 790 g/mol. The fraction of sp³-hybridized carbons (Fsp3) is 0.514. The summed E-state index contributed by atoms with van der Waals surface area (Å²) in [6.45, 7) is 4.74. The lowest BCUT2D eigenvalue weighted by Crippen LogP contribution is -2.49. The molecule has 3 aromatic rings. The Morgan fingerprint density at radius 1 is 1.06 bits per heavy atom. The summed E-state index contributed by atoms with van der Waals surface area (Å²) in [5, 5.41) is 19.4. The van der Waals surface area contributed by atoms with Gasteiger partial charge in [-0.1, -0.05) is 31.5 Å². The highest BCUT2D eigenvalue weighted by Crippen LogP contribution is 2.41. The number of halogens is 6. The van der Waals surface area contributed by atoms with Crippen LogP contribution in [0.25, 0.3) is 0 Å². The second-order valence-corrected chi connectivity index (χ2v) is 13.8. The van der Waals surface area contributed by atoms with E-state index in [1.54, 1.807) is 7.11 Å². The quantitative estimate of drug-likeness (QED) is 0.122. The number of pyridine rings is 1. The smallest absolute Gasteiger partial charge is 0.425 e. The number of carboxylic acid groups (broad SMARTS) is 1. The molecule has 2 aliphatic heterocycles. The lowest BCUT2D eigenvalue weighted by Gasteiger charge is -2.39. The number of carboxylic acids is 1. The lowest BCUT2D eigenvalue weighted by molar-refractivity contribution is -0.146. The number of aromatic nitrogens is 1. The molecule has 54 heavy (non-hydrogen) atoms. The number of piperidine rings is 2. The Morgan fingerprint density at radius 2 is 1.74 bits per heavy atom. The van der Waals surface area contributed by atoms with Gasteiger partial charge in [-0.05, 0) is 64.4 Å². The van der Waals surface area contributed by atoms with Gasteiger partial charge in [0.05, 0.1) is 23.1 Å². The molecule has 1 amide bonds. The lowest BCUT2D eigenvalue weighted by atomic mass is 9.72. The molecule has 0 aliphatic carbocycles. The van der Waals surface area contributed by atoms with E-state index in [1.165, 1.54) is 4.90 Å². The molecule has 0 radical (unpaired) electrons. The minimum absolute atomic E-state index is 0.321. The maximum atomic E-state index is 13.1. The van der Waals surface area contributed by atoms with Crippen LogP contribution in [0, 0.1) is 5.92 Å². The molecule has 2 aliphatic rings. The van der Waals surface area contributed by atoms with Crippen molar-refractivity contribution in [3.05, 3.63) is 75.7 Å². The second-order valence-electron chi connectivity index (χ2n) is 12.9. The van der Waals surface area contributed by atoms with Crippen molar-refractivity contribution in [2.45, 2.75) is 69.3 Å². The number of carbonyl (C=O) groups excluding carboxylic acids is 2. The molecule has 0 spiro atoms. The number of alkyl halides is 6. The fourth-order valence-corrected chi connectivity index (χ4v) is 7.06. The highest BCUT2D eigenvalue weighted by atomic mass is 32.1. The van der Waals surface area contributed by atoms with E-state index >= 15 is 0 Å². The number of likely N-dealkylation sites (tertiary alicyclic amines) is 2. The first kappa shape index (κ1) is 44.2. The molecule has 0 bridgehead atoms. The van der Waals surface area contributed by atoms with Crippen LogP contribution >= 0.6 is 11.3 Å². The minimum atomic E-state index is -4.62. The molecule has 2 atom stereocenters. The van der Waals surface area contributed by atoms with Gasteiger partial charge in [-0.2, -0.15) is 26.3 Å². The van der Waals surface area contributed by atoms with Crippen molar-refractivity contribution < 1.29 is 60.4 Å². The van der Waals surface area contributed by atoms with Crippen LogP contribution in [0.15, 0.2) is 54.2 Å². The van der Waals surface area contributed by atoms with Crippen molar-refractivity contribution in [2.24, 2.45) is 5.92 Å². The third kappa shape index (κ3) is 11.6. The molecule has 5 rings (SSSR count). The Morgan fingerprint density at radius 3 is 2.28 bits per heavy atom. The predicted octanol–water partition coefficient (Wildman–Crippen LogP) is 7.55. The molecule has 2 fully saturated rings. The summed E-state index contributed by atoms with van der Waals surface area (Å²) >= 11 is 0.481. The van der Waals surface area contributed by atoms with E-state index in [9.17, 15) is 45.8 Å². The van der Waals surface area contributed by atoms with Crippen molar-refractivity contribution in [1.29, 1.82) is 0 Å². The second kappa shape index (κ2) is 19.9. The number of aromatic hydroxyl groups is 1. The van der Waals surface area contributed by atoms with E-state index in [1.807, 2.05) is 38.2 Å². The van der Waals surface area contributed by atoms with Crippen molar-refractivity contribution in [1.82, 2.24) is 14.8 Å². The molecule has 10 nitrogen and oxygen atoms in total. The number of hydrogen-bond donors (Lipinski definition) is 2. The largest absolute Gasteiger partial charge is 0.507 e. The highest BCUT2D eigenvalue weighted by molar-refractivity contribution is 7.10. The summed E-state index contributed by atoms with van der Waals surface area (Å²) < 4.78 is 85.1. The van der Waals surface area contributed by atoms with Gasteiger partial charge in [0, 0.05) is 55.0 Å². The standard InChI is InChI=1S/C16H19F3N2O2.C16H23NO4.C5H3F3OS/c1-2-4-14-11(10-22)5-3-8-21(14)15(23)12-9-20-7-6-13(12)16(17,18)19;1-17-9-7-16(8-10-17,15(18)19)13-5-3-4-6-14(13)21-12-11-20-2;6-5(7,8)4-1-3(9)2-10-4/h6-7,9-11,14H,2-5,8H2,1H3;3-6H,7-12H2,1-2H3,(H,18,19);1-2,9H. The number of methoxy groups -OCH3 is 1. The summed E-state index contributed by atoms with van der Waals surface area (Å²) in [5.74, 6) is -1.47. The van der Waals surface area contributed by atoms with Crippen LogP contribution in [0.3, 0.4) is 0 Å². The molecule has 298 valence electrons. The van der Waals surface area contributed by atoms with Crippen LogP contribution in [0.1, 0.15) is 71.8 Å². The third-order valence-corrected chi connectivity index (χ3v) is 10.2. The van der Waals surface area contributed by atoms with Gasteiger partial charge in [-0.15, -0.1) is 11.3 Å². The van der Waals surface area contributed by atoms with E-state index in [-0.39, 0.29) is 17.7 Å². The maximum Gasteiger partial charge on any atom is 0.425 e. The van der Waals surface area contributed by atoms with E-state index < -0.39 is 45.6 Å². The van der Waals surface area contributed by atoms with Crippen molar-refractivity contribution in [3.63, 3.8) is 0 Å². The Labute approximate surface area is 313 Å². The SMILES string of the molecule is CCCC1C(C=O)CCCN1C(=O)c1cnccc1C(F)(F)F.COCCOc1ccccc1C1(C(=O)O)CCN(C)CC1.Oc1csc(C(F)(F)F)c1. The van der Waals surface area contributed by atoms with Crippen molar-refractivity contribution in [2.75, 3.05) is 47.0 Å². The molecule has 0 saturated carbocycles. The topological polar surface area (TPSA) is 130 Å². The molecule has 1 aromatic carbocycles. The number of thiophene rings is 1. The van der Waals surface area contributed by atoms with Gasteiger partial charge < -0.3 is 34.3 Å². The summed E-state index contributed by atoms with van der Waals surface area (Å²) in [6.07, 6.45) is -2.34. The predicted molar refractivity (Wildman–Crippen MR) is 189 cm³/mol. The van der Waals surface area contributed by atoms with Gasteiger partial charge in [0.15, 0.2) is 0 Å². The Balaban J connectivity index is 0.000000234. The van der Waals surface area contributed by atoms with Crippen LogP contribution in [0.5, 0.6) is 11.5 Å². The van der Waals surface area contributed by atoms with Crippen LogP contribution in [-0.4, -0.2) is 96.2 Å². The molecular weight excluding hydrogens is 744 g/mol. The first-order valence-electron chi connectivity index (χ1n) is 17.3. The van der Waals surface area contributed by atoms with Crippen LogP contribution in [0.2, 0.25) is 0 Å². The number of para-hydroxylation sites is 1. The fourth-order valence-electron chi connectivity index (χ4n) is 6.43. The Bertz CT molecular complexity index is 1660. The number of hydrogen-bond acceptors (Lipinski definition) is 9.